The first-order valence-corrected chi connectivity index (χ1v) is 7.93. The lowest BCUT2D eigenvalue weighted by molar-refractivity contribution is -0.111. The summed E-state index contributed by atoms with van der Waals surface area (Å²) in [6.45, 7) is 6.88. The average molecular weight is 326 g/mol. The van der Waals surface area contributed by atoms with Crippen molar-refractivity contribution < 1.29 is 14.3 Å². The summed E-state index contributed by atoms with van der Waals surface area (Å²) in [5.41, 5.74) is 2.53. The van der Waals surface area contributed by atoms with Gasteiger partial charge in [0.2, 0.25) is 5.91 Å². The van der Waals surface area contributed by atoms with Crippen LogP contribution >= 0.6 is 0 Å². The Kier molecular flexibility index (Phi) is 6.37. The summed E-state index contributed by atoms with van der Waals surface area (Å²) in [6, 6.07) is 7.43. The summed E-state index contributed by atoms with van der Waals surface area (Å²) < 4.78 is 11.1. The number of nitrogens with zero attached hydrogens (tertiary/aromatic N) is 1. The molecule has 0 fully saturated rings. The van der Waals surface area contributed by atoms with Crippen molar-refractivity contribution in [1.29, 1.82) is 0 Å². The van der Waals surface area contributed by atoms with Gasteiger partial charge in [-0.3, -0.25) is 9.78 Å². The van der Waals surface area contributed by atoms with Gasteiger partial charge in [-0.25, -0.2) is 0 Å². The Morgan fingerprint density at radius 3 is 2.62 bits per heavy atom. The number of carbonyl (C=O) groups is 1. The minimum Gasteiger partial charge on any atom is -0.490 e. The van der Waals surface area contributed by atoms with Crippen LogP contribution in [0.3, 0.4) is 0 Å². The summed E-state index contributed by atoms with van der Waals surface area (Å²) >= 11 is 0. The van der Waals surface area contributed by atoms with Crippen molar-refractivity contribution in [2.24, 2.45) is 0 Å². The summed E-state index contributed by atoms with van der Waals surface area (Å²) in [7, 11) is 0. The van der Waals surface area contributed by atoms with Crippen LogP contribution in [0.15, 0.2) is 42.7 Å². The Hall–Kier alpha value is -2.82. The van der Waals surface area contributed by atoms with E-state index in [1.807, 2.05) is 45.0 Å². The molecule has 2 rings (SSSR count). The number of aromatic nitrogens is 1. The lowest BCUT2D eigenvalue weighted by Crippen LogP contribution is -2.09. The molecule has 0 aliphatic rings. The first-order chi connectivity index (χ1) is 11.6. The van der Waals surface area contributed by atoms with E-state index in [9.17, 15) is 4.79 Å². The fraction of sp³-hybridized carbons (Fsp3) is 0.263. The van der Waals surface area contributed by atoms with Crippen molar-refractivity contribution in [3.63, 3.8) is 0 Å². The monoisotopic (exact) mass is 326 g/mol. The number of amides is 1. The summed E-state index contributed by atoms with van der Waals surface area (Å²) in [5.74, 6) is 1.16. The van der Waals surface area contributed by atoms with Crippen molar-refractivity contribution in [3.8, 4) is 11.5 Å². The lowest BCUT2D eigenvalue weighted by Gasteiger charge is -2.11. The Bertz CT molecular complexity index is 726. The van der Waals surface area contributed by atoms with E-state index in [-0.39, 0.29) is 5.91 Å². The van der Waals surface area contributed by atoms with E-state index in [1.165, 1.54) is 6.08 Å². The van der Waals surface area contributed by atoms with Gasteiger partial charge in [0.05, 0.1) is 25.1 Å². The fourth-order valence-electron chi connectivity index (χ4n) is 2.11. The molecule has 0 saturated heterocycles. The van der Waals surface area contributed by atoms with Crippen LogP contribution in [0, 0.1) is 6.92 Å². The van der Waals surface area contributed by atoms with Crippen LogP contribution in [0.1, 0.15) is 25.0 Å². The first kappa shape index (κ1) is 17.5. The van der Waals surface area contributed by atoms with E-state index in [0.29, 0.717) is 30.4 Å². The molecule has 5 heteroatoms. The molecule has 1 amide bonds. The number of nitrogens with one attached hydrogen (secondary N) is 1. The van der Waals surface area contributed by atoms with E-state index in [2.05, 4.69) is 10.3 Å². The van der Waals surface area contributed by atoms with Gasteiger partial charge < -0.3 is 14.8 Å². The van der Waals surface area contributed by atoms with Gasteiger partial charge in [-0.15, -0.1) is 0 Å². The third-order valence-electron chi connectivity index (χ3n) is 3.29. The van der Waals surface area contributed by atoms with Gasteiger partial charge >= 0.3 is 0 Å². The van der Waals surface area contributed by atoms with Crippen LogP contribution in [0.4, 0.5) is 5.69 Å². The zero-order valence-electron chi connectivity index (χ0n) is 14.2. The second-order valence-corrected chi connectivity index (χ2v) is 5.09. The van der Waals surface area contributed by atoms with Crippen molar-refractivity contribution in [2.75, 3.05) is 18.5 Å². The van der Waals surface area contributed by atoms with E-state index >= 15 is 0 Å². The highest BCUT2D eigenvalue weighted by molar-refractivity contribution is 6.02. The van der Waals surface area contributed by atoms with Crippen LogP contribution in [-0.4, -0.2) is 24.1 Å². The SMILES string of the molecule is CCOc1ccc(C=CC(=O)Nc2cnccc2C)cc1OCC. The van der Waals surface area contributed by atoms with Gasteiger partial charge in [0, 0.05) is 12.3 Å². The second-order valence-electron chi connectivity index (χ2n) is 5.09. The molecule has 1 aromatic heterocycles. The maximum absolute atomic E-state index is 12.0. The number of hydrogen-bond donors (Lipinski definition) is 1. The van der Waals surface area contributed by atoms with Gasteiger partial charge in [-0.1, -0.05) is 6.07 Å². The van der Waals surface area contributed by atoms with Gasteiger partial charge in [-0.05, 0) is 56.2 Å². The maximum atomic E-state index is 12.0. The molecule has 126 valence electrons. The van der Waals surface area contributed by atoms with Crippen molar-refractivity contribution >= 4 is 17.7 Å². The number of pyridine rings is 1. The molecule has 24 heavy (non-hydrogen) atoms. The number of anilines is 1. The first-order valence-electron chi connectivity index (χ1n) is 7.93. The number of carbonyl (C=O) groups excluding carboxylic acids is 1. The number of rotatable bonds is 7. The Morgan fingerprint density at radius 1 is 1.17 bits per heavy atom. The largest absolute Gasteiger partial charge is 0.490 e. The zero-order chi connectivity index (χ0) is 17.4. The average Bonchev–Trinajstić information content (AvgIpc) is 2.57. The number of benzene rings is 1. The van der Waals surface area contributed by atoms with Crippen LogP contribution < -0.4 is 14.8 Å². The van der Waals surface area contributed by atoms with Gasteiger partial charge in [0.1, 0.15) is 0 Å². The molecule has 0 unspecified atom stereocenters. The number of ether oxygens (including phenoxy) is 2. The molecular weight excluding hydrogens is 304 g/mol. The predicted molar refractivity (Wildman–Crippen MR) is 95.4 cm³/mol. The van der Waals surface area contributed by atoms with Crippen LogP contribution in [0.5, 0.6) is 11.5 Å². The number of hydrogen-bond acceptors (Lipinski definition) is 4. The zero-order valence-corrected chi connectivity index (χ0v) is 14.2. The maximum Gasteiger partial charge on any atom is 0.248 e. The Balaban J connectivity index is 2.09. The Morgan fingerprint density at radius 2 is 1.92 bits per heavy atom. The van der Waals surface area contributed by atoms with Crippen LogP contribution in [0.25, 0.3) is 6.08 Å². The highest BCUT2D eigenvalue weighted by atomic mass is 16.5. The molecule has 1 heterocycles. The predicted octanol–water partition coefficient (Wildman–Crippen LogP) is 3.84. The topological polar surface area (TPSA) is 60.5 Å². The third kappa shape index (κ3) is 4.84. The molecular formula is C19H22N2O3. The summed E-state index contributed by atoms with van der Waals surface area (Å²) in [5, 5.41) is 2.81. The molecule has 0 atom stereocenters. The second kappa shape index (κ2) is 8.72. The molecule has 0 aliphatic carbocycles. The van der Waals surface area contributed by atoms with Gasteiger partial charge in [0.25, 0.3) is 0 Å². The molecule has 2 aromatic rings. The van der Waals surface area contributed by atoms with Crippen molar-refractivity contribution in [2.45, 2.75) is 20.8 Å². The smallest absolute Gasteiger partial charge is 0.248 e. The highest BCUT2D eigenvalue weighted by Gasteiger charge is 2.05. The van der Waals surface area contributed by atoms with Crippen LogP contribution in [-0.2, 0) is 4.79 Å². The van der Waals surface area contributed by atoms with Gasteiger partial charge in [-0.2, -0.15) is 0 Å². The highest BCUT2D eigenvalue weighted by Crippen LogP contribution is 2.29. The summed E-state index contributed by atoms with van der Waals surface area (Å²) in [6.07, 6.45) is 6.54. The van der Waals surface area contributed by atoms with E-state index in [0.717, 1.165) is 11.1 Å². The molecule has 1 aromatic carbocycles. The summed E-state index contributed by atoms with van der Waals surface area (Å²) in [4.78, 5) is 16.0. The van der Waals surface area contributed by atoms with Gasteiger partial charge in [0.15, 0.2) is 11.5 Å². The Labute approximate surface area is 142 Å². The minimum absolute atomic E-state index is 0.210. The molecule has 1 N–H and O–H groups in total. The van der Waals surface area contributed by atoms with Crippen LogP contribution in [0.2, 0.25) is 0 Å². The van der Waals surface area contributed by atoms with E-state index < -0.39 is 0 Å². The fourth-order valence-corrected chi connectivity index (χ4v) is 2.11. The van der Waals surface area contributed by atoms with Crippen molar-refractivity contribution in [1.82, 2.24) is 4.98 Å². The molecule has 0 spiro atoms. The number of aryl methyl sites for hydroxylation is 1. The van der Waals surface area contributed by atoms with E-state index in [4.69, 9.17) is 9.47 Å². The molecule has 0 saturated carbocycles. The molecule has 0 bridgehead atoms. The third-order valence-corrected chi connectivity index (χ3v) is 3.29. The van der Waals surface area contributed by atoms with E-state index in [1.54, 1.807) is 18.5 Å². The molecule has 0 radical (unpaired) electrons. The minimum atomic E-state index is -0.210. The lowest BCUT2D eigenvalue weighted by atomic mass is 10.2. The standard InChI is InChI=1S/C19H22N2O3/c1-4-23-17-8-6-15(12-18(17)24-5-2)7-9-19(22)21-16-13-20-11-10-14(16)3/h6-13H,4-5H2,1-3H3,(H,21,22). The molecule has 0 aliphatic heterocycles. The quantitative estimate of drug-likeness (QED) is 0.785. The normalized spacial score (nSPS) is 10.6. The molecule has 5 nitrogen and oxygen atoms in total. The van der Waals surface area contributed by atoms with Crippen molar-refractivity contribution in [3.05, 3.63) is 53.9 Å².